The summed E-state index contributed by atoms with van der Waals surface area (Å²) in [6, 6.07) is 6.05. The molecule has 3 rings (SSSR count). The fraction of sp³-hybridized carbons (Fsp3) is 0.250. The third kappa shape index (κ3) is 4.46. The Morgan fingerprint density at radius 3 is 2.64 bits per heavy atom. The highest BCUT2D eigenvalue weighted by Gasteiger charge is 2.23. The first-order valence-electron chi connectivity index (χ1n) is 7.44. The molecule has 0 fully saturated rings. The predicted molar refractivity (Wildman–Crippen MR) is 97.1 cm³/mol. The fourth-order valence-electron chi connectivity index (χ4n) is 2.90. The van der Waals surface area contributed by atoms with E-state index in [2.05, 4.69) is 23.5 Å². The number of carbonyl (C=O) groups excluding carboxylic acids is 1. The van der Waals surface area contributed by atoms with E-state index in [1.807, 2.05) is 23.7 Å². The lowest BCUT2D eigenvalue weighted by atomic mass is 10.0. The summed E-state index contributed by atoms with van der Waals surface area (Å²) < 4.78 is 27.7. The summed E-state index contributed by atoms with van der Waals surface area (Å²) in [4.78, 5) is 12.3. The van der Waals surface area contributed by atoms with Gasteiger partial charge in [-0.15, -0.1) is 0 Å². The number of guanidine groups is 1. The third-order valence-corrected chi connectivity index (χ3v) is 3.68. The topological polar surface area (TPSA) is 138 Å². The van der Waals surface area contributed by atoms with Crippen LogP contribution in [0.2, 0.25) is 0 Å². The average molecular weight is 364 g/mol. The molecule has 1 aliphatic carbocycles. The van der Waals surface area contributed by atoms with E-state index in [1.54, 1.807) is 0 Å². The van der Waals surface area contributed by atoms with Crippen molar-refractivity contribution in [2.45, 2.75) is 12.8 Å². The van der Waals surface area contributed by atoms with E-state index in [1.165, 1.54) is 0 Å². The molecule has 0 radical (unpaired) electrons. The minimum absolute atomic E-state index is 0.320. The summed E-state index contributed by atoms with van der Waals surface area (Å²) in [5.74, 6) is -0.654. The zero-order chi connectivity index (χ0) is 18.8. The number of amides is 1. The van der Waals surface area contributed by atoms with E-state index in [4.69, 9.17) is 15.7 Å². The summed E-state index contributed by atoms with van der Waals surface area (Å²) in [6.07, 6.45) is 6.65. The number of aromatic nitrogens is 1. The van der Waals surface area contributed by atoms with Crippen molar-refractivity contribution in [1.82, 2.24) is 9.88 Å². The van der Waals surface area contributed by atoms with Crippen LogP contribution in [0.15, 0.2) is 24.3 Å². The smallest absolute Gasteiger partial charge is 0.274 e. The average Bonchev–Trinajstić information content (AvgIpc) is 2.62. The molecule has 1 aromatic carbocycles. The molecule has 0 bridgehead atoms. The number of aryl methyl sites for hydroxylation is 2. The van der Waals surface area contributed by atoms with Gasteiger partial charge in [0.1, 0.15) is 5.69 Å². The van der Waals surface area contributed by atoms with Gasteiger partial charge >= 0.3 is 0 Å². The van der Waals surface area contributed by atoms with Gasteiger partial charge in [-0.25, -0.2) is 0 Å². The Morgan fingerprint density at radius 1 is 1.40 bits per heavy atom. The van der Waals surface area contributed by atoms with E-state index in [9.17, 15) is 13.2 Å². The normalized spacial score (nSPS) is 12.9. The molecule has 1 aliphatic rings. The Bertz CT molecular complexity index is 966. The Balaban J connectivity index is 0.000000399. The molecular formula is C16H20N4O4S. The second-order valence-electron chi connectivity index (χ2n) is 5.67. The van der Waals surface area contributed by atoms with Crippen LogP contribution in [-0.2, 0) is 23.6 Å². The minimum atomic E-state index is -3.67. The quantitative estimate of drug-likeness (QED) is 0.343. The number of hydrogen-bond acceptors (Lipinski definition) is 4. The number of rotatable bonds is 1. The number of allylic oxidation sites excluding steroid dienone is 1. The number of hydrogen-bond donors (Lipinski definition) is 4. The van der Waals surface area contributed by atoms with Crippen molar-refractivity contribution in [1.29, 1.82) is 5.41 Å². The van der Waals surface area contributed by atoms with Crippen molar-refractivity contribution < 1.29 is 17.8 Å². The van der Waals surface area contributed by atoms with Crippen LogP contribution in [0, 0.1) is 5.41 Å². The molecule has 25 heavy (non-hydrogen) atoms. The largest absolute Gasteiger partial charge is 0.370 e. The van der Waals surface area contributed by atoms with Crippen LogP contribution in [0.5, 0.6) is 0 Å². The Kier molecular flexibility index (Phi) is 5.29. The van der Waals surface area contributed by atoms with Crippen molar-refractivity contribution in [3.8, 4) is 0 Å². The third-order valence-electron chi connectivity index (χ3n) is 3.68. The molecule has 0 saturated heterocycles. The summed E-state index contributed by atoms with van der Waals surface area (Å²) in [7, 11) is -1.80. The highest BCUT2D eigenvalue weighted by atomic mass is 32.2. The van der Waals surface area contributed by atoms with Crippen molar-refractivity contribution in [2.24, 2.45) is 12.8 Å². The standard InChI is InChI=1S/C15H16N4O.CH4O3S/c1-19-11-8-4-6-9-5-2-3-7-10(12(9)11)13(19)14(20)18-15(16)17;1-5(2,3)4/h2,4-6,8H,3,7H2,1H3,(H4,16,17,18,20);1H3,(H,2,3,4). The lowest BCUT2D eigenvalue weighted by molar-refractivity contribution is 0.0968. The number of carbonyl (C=O) groups is 1. The molecule has 0 spiro atoms. The maximum Gasteiger partial charge on any atom is 0.274 e. The van der Waals surface area contributed by atoms with Gasteiger partial charge < -0.3 is 10.3 Å². The van der Waals surface area contributed by atoms with Gasteiger partial charge in [0.2, 0.25) is 0 Å². The summed E-state index contributed by atoms with van der Waals surface area (Å²) in [5.41, 5.74) is 9.05. The zero-order valence-electron chi connectivity index (χ0n) is 13.9. The molecule has 134 valence electrons. The lowest BCUT2D eigenvalue weighted by Crippen LogP contribution is -2.37. The first-order chi connectivity index (χ1) is 11.6. The van der Waals surface area contributed by atoms with Gasteiger partial charge in [-0.1, -0.05) is 24.3 Å². The molecule has 1 amide bonds. The fourth-order valence-corrected chi connectivity index (χ4v) is 2.90. The van der Waals surface area contributed by atoms with Gasteiger partial charge in [0, 0.05) is 18.0 Å². The van der Waals surface area contributed by atoms with Gasteiger partial charge in [0.15, 0.2) is 5.96 Å². The first-order valence-corrected chi connectivity index (χ1v) is 9.29. The lowest BCUT2D eigenvalue weighted by Gasteiger charge is -2.07. The van der Waals surface area contributed by atoms with Crippen LogP contribution < -0.4 is 11.1 Å². The molecule has 2 aromatic rings. The zero-order valence-corrected chi connectivity index (χ0v) is 14.7. The summed E-state index contributed by atoms with van der Waals surface area (Å²) in [5, 5.41) is 10.7. The minimum Gasteiger partial charge on any atom is -0.370 e. The molecular weight excluding hydrogens is 344 g/mol. The predicted octanol–water partition coefficient (Wildman–Crippen LogP) is 1.26. The molecule has 8 nitrogen and oxygen atoms in total. The molecule has 0 unspecified atom stereocenters. The summed E-state index contributed by atoms with van der Waals surface area (Å²) in [6.45, 7) is 0. The molecule has 5 N–H and O–H groups in total. The van der Waals surface area contributed by atoms with Gasteiger partial charge in [-0.3, -0.25) is 20.1 Å². The van der Waals surface area contributed by atoms with Gasteiger partial charge in [-0.05, 0) is 30.0 Å². The molecule has 0 saturated carbocycles. The highest BCUT2D eigenvalue weighted by Crippen LogP contribution is 2.32. The Morgan fingerprint density at radius 2 is 2.04 bits per heavy atom. The summed E-state index contributed by atoms with van der Waals surface area (Å²) >= 11 is 0. The van der Waals surface area contributed by atoms with E-state index in [-0.39, 0.29) is 11.9 Å². The van der Waals surface area contributed by atoms with Crippen LogP contribution in [0.1, 0.15) is 28.0 Å². The molecule has 1 aromatic heterocycles. The van der Waals surface area contributed by atoms with E-state index in [0.717, 1.165) is 34.9 Å². The maximum atomic E-state index is 12.3. The second kappa shape index (κ2) is 7.08. The van der Waals surface area contributed by atoms with Crippen molar-refractivity contribution in [3.63, 3.8) is 0 Å². The van der Waals surface area contributed by atoms with E-state index in [0.29, 0.717) is 11.9 Å². The molecule has 0 atom stereocenters. The first kappa shape index (κ1) is 18.7. The van der Waals surface area contributed by atoms with Gasteiger partial charge in [0.25, 0.3) is 16.0 Å². The molecule has 9 heteroatoms. The van der Waals surface area contributed by atoms with Crippen LogP contribution in [0.3, 0.4) is 0 Å². The van der Waals surface area contributed by atoms with Crippen LogP contribution in [-0.4, -0.2) is 35.7 Å². The van der Waals surface area contributed by atoms with Crippen molar-refractivity contribution in [2.75, 3.05) is 6.26 Å². The van der Waals surface area contributed by atoms with Crippen molar-refractivity contribution in [3.05, 3.63) is 41.1 Å². The second-order valence-corrected chi connectivity index (χ2v) is 7.14. The van der Waals surface area contributed by atoms with Crippen LogP contribution >= 0.6 is 0 Å². The van der Waals surface area contributed by atoms with Gasteiger partial charge in [-0.2, -0.15) is 8.42 Å². The van der Waals surface area contributed by atoms with E-state index >= 15 is 0 Å². The van der Waals surface area contributed by atoms with Crippen LogP contribution in [0.4, 0.5) is 0 Å². The molecule has 0 aliphatic heterocycles. The maximum absolute atomic E-state index is 12.3. The highest BCUT2D eigenvalue weighted by molar-refractivity contribution is 7.85. The molecule has 1 heterocycles. The number of nitrogens with zero attached hydrogens (tertiary/aromatic N) is 1. The monoisotopic (exact) mass is 364 g/mol. The Hall–Kier alpha value is -2.65. The van der Waals surface area contributed by atoms with E-state index < -0.39 is 10.1 Å². The van der Waals surface area contributed by atoms with Gasteiger partial charge in [0.05, 0.1) is 6.26 Å². The SMILES string of the molecule is CS(=O)(=O)O.Cn1c(C(=O)NC(=N)N)c2c3c(cccc31)C=CCC2. The number of benzene rings is 1. The number of nitrogens with one attached hydrogen (secondary N) is 2. The number of nitrogens with two attached hydrogens (primary N) is 1. The Labute approximate surface area is 145 Å². The van der Waals surface area contributed by atoms with Crippen molar-refractivity contribution >= 4 is 39.0 Å². The van der Waals surface area contributed by atoms with Crippen LogP contribution in [0.25, 0.3) is 17.0 Å².